The minimum absolute atomic E-state index is 0.0793. The van der Waals surface area contributed by atoms with Gasteiger partial charge in [0.1, 0.15) is 12.4 Å². The SMILES string of the molecule is CC(=O)c1cnc2cc(OCc3ccc(F)c(F)c3)cnc2c1. The van der Waals surface area contributed by atoms with Crippen LogP contribution in [0.2, 0.25) is 0 Å². The second-order valence-corrected chi connectivity index (χ2v) is 5.03. The highest BCUT2D eigenvalue weighted by atomic mass is 19.2. The Balaban J connectivity index is 1.79. The minimum atomic E-state index is -0.916. The third kappa shape index (κ3) is 3.31. The molecule has 2 aromatic heterocycles. The van der Waals surface area contributed by atoms with Gasteiger partial charge in [0.25, 0.3) is 0 Å². The summed E-state index contributed by atoms with van der Waals surface area (Å²) >= 11 is 0. The van der Waals surface area contributed by atoms with Crippen molar-refractivity contribution < 1.29 is 18.3 Å². The Labute approximate surface area is 130 Å². The normalized spacial score (nSPS) is 10.7. The summed E-state index contributed by atoms with van der Waals surface area (Å²) in [4.78, 5) is 19.7. The van der Waals surface area contributed by atoms with E-state index >= 15 is 0 Å². The largest absolute Gasteiger partial charge is 0.487 e. The number of aromatic nitrogens is 2. The Bertz CT molecular complexity index is 897. The van der Waals surface area contributed by atoms with E-state index in [-0.39, 0.29) is 12.4 Å². The van der Waals surface area contributed by atoms with Gasteiger partial charge in [-0.05, 0) is 30.7 Å². The predicted octanol–water partition coefficient (Wildman–Crippen LogP) is 3.69. The summed E-state index contributed by atoms with van der Waals surface area (Å²) in [5.74, 6) is -1.45. The standard InChI is InChI=1S/C17H12F2N2O2/c1-10(22)12-5-16-17(20-7-12)6-13(8-21-16)23-9-11-2-3-14(18)15(19)4-11/h2-8H,9H2,1H3. The number of carbonyl (C=O) groups is 1. The molecule has 0 aliphatic rings. The smallest absolute Gasteiger partial charge is 0.161 e. The van der Waals surface area contributed by atoms with Crippen LogP contribution in [-0.4, -0.2) is 15.8 Å². The van der Waals surface area contributed by atoms with Gasteiger partial charge >= 0.3 is 0 Å². The molecule has 0 aliphatic heterocycles. The molecule has 0 saturated heterocycles. The fourth-order valence-corrected chi connectivity index (χ4v) is 2.05. The first-order valence-electron chi connectivity index (χ1n) is 6.86. The van der Waals surface area contributed by atoms with Crippen LogP contribution in [0.5, 0.6) is 5.75 Å². The Kier molecular flexibility index (Phi) is 3.97. The van der Waals surface area contributed by atoms with E-state index in [4.69, 9.17) is 4.74 Å². The molecule has 23 heavy (non-hydrogen) atoms. The van der Waals surface area contributed by atoms with Gasteiger partial charge < -0.3 is 4.74 Å². The molecular formula is C17H12F2N2O2. The number of Topliss-reactive ketones (excluding diaryl/α,β-unsaturated/α-hetero) is 1. The van der Waals surface area contributed by atoms with Crippen LogP contribution in [0.1, 0.15) is 22.8 Å². The Morgan fingerprint density at radius 2 is 1.78 bits per heavy atom. The van der Waals surface area contributed by atoms with Crippen molar-refractivity contribution in [1.82, 2.24) is 9.97 Å². The third-order valence-electron chi connectivity index (χ3n) is 3.30. The van der Waals surface area contributed by atoms with E-state index in [1.807, 2.05) is 0 Å². The number of pyridine rings is 2. The number of hydrogen-bond acceptors (Lipinski definition) is 4. The van der Waals surface area contributed by atoms with Gasteiger partial charge in [-0.15, -0.1) is 0 Å². The number of hydrogen-bond donors (Lipinski definition) is 0. The topological polar surface area (TPSA) is 52.1 Å². The molecule has 0 fully saturated rings. The van der Waals surface area contributed by atoms with E-state index in [9.17, 15) is 13.6 Å². The highest BCUT2D eigenvalue weighted by Crippen LogP contribution is 2.19. The van der Waals surface area contributed by atoms with Gasteiger partial charge in [0.2, 0.25) is 0 Å². The Morgan fingerprint density at radius 1 is 1.04 bits per heavy atom. The minimum Gasteiger partial charge on any atom is -0.487 e. The summed E-state index contributed by atoms with van der Waals surface area (Å²) in [6.07, 6.45) is 2.97. The zero-order valence-corrected chi connectivity index (χ0v) is 12.2. The van der Waals surface area contributed by atoms with Crippen LogP contribution in [0.3, 0.4) is 0 Å². The lowest BCUT2D eigenvalue weighted by molar-refractivity contribution is 0.101. The van der Waals surface area contributed by atoms with Gasteiger partial charge in [0.05, 0.1) is 17.2 Å². The van der Waals surface area contributed by atoms with E-state index < -0.39 is 11.6 Å². The van der Waals surface area contributed by atoms with Crippen molar-refractivity contribution in [2.24, 2.45) is 0 Å². The van der Waals surface area contributed by atoms with Crippen molar-refractivity contribution in [2.45, 2.75) is 13.5 Å². The molecule has 6 heteroatoms. The first kappa shape index (κ1) is 15.0. The number of rotatable bonds is 4. The average Bonchev–Trinajstić information content (AvgIpc) is 2.55. The van der Waals surface area contributed by atoms with E-state index in [2.05, 4.69) is 9.97 Å². The molecule has 4 nitrogen and oxygen atoms in total. The summed E-state index contributed by atoms with van der Waals surface area (Å²) in [5.41, 5.74) is 2.15. The van der Waals surface area contributed by atoms with Crippen molar-refractivity contribution in [3.63, 3.8) is 0 Å². The van der Waals surface area contributed by atoms with Gasteiger partial charge in [0, 0.05) is 17.8 Å². The van der Waals surface area contributed by atoms with E-state index in [1.165, 1.54) is 25.4 Å². The van der Waals surface area contributed by atoms with Crippen LogP contribution < -0.4 is 4.74 Å². The van der Waals surface area contributed by atoms with Crippen LogP contribution in [-0.2, 0) is 6.61 Å². The summed E-state index contributed by atoms with van der Waals surface area (Å²) < 4.78 is 31.5. The van der Waals surface area contributed by atoms with Crippen molar-refractivity contribution >= 4 is 16.8 Å². The molecule has 3 aromatic rings. The lowest BCUT2D eigenvalue weighted by atomic mass is 10.2. The Morgan fingerprint density at radius 3 is 2.52 bits per heavy atom. The molecule has 0 spiro atoms. The van der Waals surface area contributed by atoms with Gasteiger partial charge in [-0.3, -0.25) is 14.8 Å². The lowest BCUT2D eigenvalue weighted by Gasteiger charge is -2.07. The van der Waals surface area contributed by atoms with Gasteiger partial charge in [-0.1, -0.05) is 6.07 Å². The molecule has 1 aromatic carbocycles. The number of ketones is 1. The molecule has 0 amide bonds. The first-order chi connectivity index (χ1) is 11.0. The molecule has 0 aliphatic carbocycles. The number of halogens is 2. The molecular weight excluding hydrogens is 302 g/mol. The maximum atomic E-state index is 13.1. The fraction of sp³-hybridized carbons (Fsp3) is 0.118. The van der Waals surface area contributed by atoms with Crippen molar-refractivity contribution in [1.29, 1.82) is 0 Å². The summed E-state index contributed by atoms with van der Waals surface area (Å²) in [5, 5.41) is 0. The highest BCUT2D eigenvalue weighted by Gasteiger charge is 2.06. The second-order valence-electron chi connectivity index (χ2n) is 5.03. The zero-order valence-electron chi connectivity index (χ0n) is 12.2. The molecule has 2 heterocycles. The average molecular weight is 314 g/mol. The molecule has 0 radical (unpaired) electrons. The highest BCUT2D eigenvalue weighted by molar-refractivity contribution is 5.96. The van der Waals surface area contributed by atoms with Crippen LogP contribution in [0.4, 0.5) is 8.78 Å². The predicted molar refractivity (Wildman–Crippen MR) is 80.2 cm³/mol. The Hall–Kier alpha value is -2.89. The first-order valence-corrected chi connectivity index (χ1v) is 6.86. The quantitative estimate of drug-likeness (QED) is 0.689. The van der Waals surface area contributed by atoms with Crippen LogP contribution >= 0.6 is 0 Å². The number of benzene rings is 1. The van der Waals surface area contributed by atoms with Crippen LogP contribution in [0.15, 0.2) is 42.7 Å². The van der Waals surface area contributed by atoms with E-state index in [0.29, 0.717) is 27.9 Å². The monoisotopic (exact) mass is 314 g/mol. The van der Waals surface area contributed by atoms with Crippen molar-refractivity contribution in [2.75, 3.05) is 0 Å². The van der Waals surface area contributed by atoms with Gasteiger partial charge in [-0.2, -0.15) is 0 Å². The molecule has 0 N–H and O–H groups in total. The number of carbonyl (C=O) groups excluding carboxylic acids is 1. The molecule has 0 bridgehead atoms. The summed E-state index contributed by atoms with van der Waals surface area (Å²) in [6, 6.07) is 6.92. The van der Waals surface area contributed by atoms with Gasteiger partial charge in [0.15, 0.2) is 17.4 Å². The number of ether oxygens (including phenoxy) is 1. The molecule has 116 valence electrons. The van der Waals surface area contributed by atoms with Gasteiger partial charge in [-0.25, -0.2) is 8.78 Å². The summed E-state index contributed by atoms with van der Waals surface area (Å²) in [7, 11) is 0. The maximum Gasteiger partial charge on any atom is 0.161 e. The lowest BCUT2D eigenvalue weighted by Crippen LogP contribution is -1.99. The summed E-state index contributed by atoms with van der Waals surface area (Å²) in [6.45, 7) is 1.54. The fourth-order valence-electron chi connectivity index (χ4n) is 2.05. The number of fused-ring (bicyclic) bond motifs is 1. The molecule has 0 unspecified atom stereocenters. The van der Waals surface area contributed by atoms with Crippen LogP contribution in [0.25, 0.3) is 11.0 Å². The molecule has 0 saturated carbocycles. The maximum absolute atomic E-state index is 13.1. The van der Waals surface area contributed by atoms with Crippen LogP contribution in [0, 0.1) is 11.6 Å². The van der Waals surface area contributed by atoms with E-state index in [0.717, 1.165) is 12.1 Å². The molecule has 0 atom stereocenters. The van der Waals surface area contributed by atoms with Crippen molar-refractivity contribution in [3.8, 4) is 5.75 Å². The second kappa shape index (κ2) is 6.08. The zero-order chi connectivity index (χ0) is 16.4. The third-order valence-corrected chi connectivity index (χ3v) is 3.30. The van der Waals surface area contributed by atoms with E-state index in [1.54, 1.807) is 12.1 Å². The number of nitrogens with zero attached hydrogens (tertiary/aromatic N) is 2. The molecule has 3 rings (SSSR count). The van der Waals surface area contributed by atoms with Crippen molar-refractivity contribution in [3.05, 3.63) is 65.5 Å².